The van der Waals surface area contributed by atoms with E-state index in [-0.39, 0.29) is 24.1 Å². The Kier molecular flexibility index (Phi) is 8.86. The molecular formula is C22H36O4. The predicted molar refractivity (Wildman–Crippen MR) is 104 cm³/mol. The molecule has 2 aliphatic rings. The highest BCUT2D eigenvalue weighted by atomic mass is 16.5. The van der Waals surface area contributed by atoms with Crippen LogP contribution < -0.4 is 0 Å². The predicted octanol–water partition coefficient (Wildman–Crippen LogP) is 4.16. The summed E-state index contributed by atoms with van der Waals surface area (Å²) >= 11 is 0. The maximum absolute atomic E-state index is 11.2. The number of hydrogen-bond acceptors (Lipinski definition) is 4. The van der Waals surface area contributed by atoms with Crippen molar-refractivity contribution in [3.8, 4) is 0 Å². The van der Waals surface area contributed by atoms with Crippen molar-refractivity contribution in [3.05, 3.63) is 23.8 Å². The van der Waals surface area contributed by atoms with E-state index in [1.807, 2.05) is 6.08 Å². The zero-order valence-electron chi connectivity index (χ0n) is 16.4. The molecule has 0 aromatic rings. The Morgan fingerprint density at radius 1 is 1.35 bits per heavy atom. The second-order valence-electron chi connectivity index (χ2n) is 7.97. The molecule has 0 saturated heterocycles. The number of unbranched alkanes of at least 4 members (excludes halogenated alkanes) is 3. The smallest absolute Gasteiger partial charge is 0.305 e. The van der Waals surface area contributed by atoms with Crippen molar-refractivity contribution < 1.29 is 19.7 Å². The van der Waals surface area contributed by atoms with Gasteiger partial charge in [0.05, 0.1) is 19.3 Å². The van der Waals surface area contributed by atoms with Gasteiger partial charge in [-0.25, -0.2) is 0 Å². The van der Waals surface area contributed by atoms with Crippen LogP contribution >= 0.6 is 0 Å². The van der Waals surface area contributed by atoms with Gasteiger partial charge in [-0.3, -0.25) is 4.79 Å². The molecule has 0 spiro atoms. The SMILES string of the molecule is CCCCC[C@@H](O)C=C[C@@H]1[C@H]2CC(CCCCC(=O)OC)=C[C@H]2C[C@H]1O. The van der Waals surface area contributed by atoms with Gasteiger partial charge in [-0.15, -0.1) is 0 Å². The quantitative estimate of drug-likeness (QED) is 0.328. The molecule has 2 rings (SSSR count). The van der Waals surface area contributed by atoms with Crippen molar-refractivity contribution in [3.63, 3.8) is 0 Å². The highest BCUT2D eigenvalue weighted by Crippen LogP contribution is 2.48. The minimum atomic E-state index is -0.389. The first-order valence-corrected chi connectivity index (χ1v) is 10.4. The summed E-state index contributed by atoms with van der Waals surface area (Å²) in [4.78, 5) is 11.2. The number of carbonyl (C=O) groups excluding carboxylic acids is 1. The van der Waals surface area contributed by atoms with Crippen molar-refractivity contribution in [2.24, 2.45) is 17.8 Å². The van der Waals surface area contributed by atoms with Gasteiger partial charge in [0.1, 0.15) is 0 Å². The van der Waals surface area contributed by atoms with Crippen LogP contribution in [0.25, 0.3) is 0 Å². The van der Waals surface area contributed by atoms with Crippen LogP contribution in [-0.4, -0.2) is 35.5 Å². The standard InChI is InChI=1S/C22H36O4/c1-3-4-5-9-18(23)11-12-19-20-14-16(13-17(20)15-21(19)24)8-6-7-10-22(25)26-2/h11-13,17-21,23-24H,3-10,14-15H2,1-2H3/t17-,18+,19+,20-,21+/m0/s1. The highest BCUT2D eigenvalue weighted by Gasteiger charge is 2.43. The number of aliphatic hydroxyl groups is 2. The molecule has 0 unspecified atom stereocenters. The minimum Gasteiger partial charge on any atom is -0.469 e. The molecule has 4 heteroatoms. The summed E-state index contributed by atoms with van der Waals surface area (Å²) < 4.78 is 4.68. The van der Waals surface area contributed by atoms with Gasteiger partial charge in [0.15, 0.2) is 0 Å². The Morgan fingerprint density at radius 2 is 2.15 bits per heavy atom. The molecule has 1 fully saturated rings. The van der Waals surface area contributed by atoms with Crippen LogP contribution in [0.15, 0.2) is 23.8 Å². The molecule has 0 aromatic carbocycles. The zero-order valence-corrected chi connectivity index (χ0v) is 16.4. The zero-order chi connectivity index (χ0) is 18.9. The second-order valence-corrected chi connectivity index (χ2v) is 7.97. The number of ether oxygens (including phenoxy) is 1. The fourth-order valence-electron chi connectivity index (χ4n) is 4.47. The van der Waals surface area contributed by atoms with E-state index in [9.17, 15) is 15.0 Å². The van der Waals surface area contributed by atoms with E-state index in [0.717, 1.165) is 57.8 Å². The molecule has 4 nitrogen and oxygen atoms in total. The van der Waals surface area contributed by atoms with E-state index >= 15 is 0 Å². The Morgan fingerprint density at radius 3 is 2.88 bits per heavy atom. The van der Waals surface area contributed by atoms with Gasteiger partial charge in [-0.05, 0) is 50.4 Å². The van der Waals surface area contributed by atoms with Crippen molar-refractivity contribution in [2.75, 3.05) is 7.11 Å². The maximum Gasteiger partial charge on any atom is 0.305 e. The van der Waals surface area contributed by atoms with Gasteiger partial charge in [-0.1, -0.05) is 50.0 Å². The average molecular weight is 365 g/mol. The van der Waals surface area contributed by atoms with E-state index in [1.165, 1.54) is 12.7 Å². The van der Waals surface area contributed by atoms with Gasteiger partial charge >= 0.3 is 5.97 Å². The molecule has 1 saturated carbocycles. The summed E-state index contributed by atoms with van der Waals surface area (Å²) in [5, 5.41) is 20.5. The summed E-state index contributed by atoms with van der Waals surface area (Å²) in [7, 11) is 1.43. The molecule has 0 heterocycles. The van der Waals surface area contributed by atoms with Crippen LogP contribution in [0, 0.1) is 17.8 Å². The number of fused-ring (bicyclic) bond motifs is 1. The number of rotatable bonds is 11. The van der Waals surface area contributed by atoms with Crippen molar-refractivity contribution in [1.29, 1.82) is 0 Å². The Bertz CT molecular complexity index is 496. The number of methoxy groups -OCH3 is 1. The van der Waals surface area contributed by atoms with Gasteiger partial charge in [0, 0.05) is 12.3 Å². The lowest BCUT2D eigenvalue weighted by Gasteiger charge is -2.19. The van der Waals surface area contributed by atoms with Crippen LogP contribution in [-0.2, 0) is 9.53 Å². The van der Waals surface area contributed by atoms with Crippen LogP contribution in [0.2, 0.25) is 0 Å². The first-order chi connectivity index (χ1) is 12.5. The van der Waals surface area contributed by atoms with E-state index < -0.39 is 0 Å². The van der Waals surface area contributed by atoms with Crippen molar-refractivity contribution in [1.82, 2.24) is 0 Å². The molecule has 0 amide bonds. The first kappa shape index (κ1) is 21.2. The molecule has 148 valence electrons. The maximum atomic E-state index is 11.2. The largest absolute Gasteiger partial charge is 0.469 e. The lowest BCUT2D eigenvalue weighted by atomic mass is 9.88. The topological polar surface area (TPSA) is 66.8 Å². The Hall–Kier alpha value is -1.13. The minimum absolute atomic E-state index is 0.131. The summed E-state index contributed by atoms with van der Waals surface area (Å²) in [5.74, 6) is 0.963. The van der Waals surface area contributed by atoms with Crippen LogP contribution in [0.4, 0.5) is 0 Å². The third-order valence-corrected chi connectivity index (χ3v) is 5.97. The number of allylic oxidation sites excluding steroid dienone is 2. The summed E-state index contributed by atoms with van der Waals surface area (Å²) in [5.41, 5.74) is 1.47. The van der Waals surface area contributed by atoms with E-state index in [2.05, 4.69) is 23.8 Å². The Balaban J connectivity index is 1.76. The summed E-state index contributed by atoms with van der Waals surface area (Å²) in [6.07, 6.45) is 15.1. The van der Waals surface area contributed by atoms with Gasteiger partial charge in [-0.2, -0.15) is 0 Å². The fraction of sp³-hybridized carbons (Fsp3) is 0.773. The molecule has 5 atom stereocenters. The van der Waals surface area contributed by atoms with Gasteiger partial charge < -0.3 is 14.9 Å². The fourth-order valence-corrected chi connectivity index (χ4v) is 4.47. The molecular weight excluding hydrogens is 328 g/mol. The lowest BCUT2D eigenvalue weighted by molar-refractivity contribution is -0.140. The lowest BCUT2D eigenvalue weighted by Crippen LogP contribution is -2.18. The van der Waals surface area contributed by atoms with E-state index in [1.54, 1.807) is 0 Å². The monoisotopic (exact) mass is 364 g/mol. The normalized spacial score (nSPS) is 29.0. The van der Waals surface area contributed by atoms with Crippen molar-refractivity contribution >= 4 is 5.97 Å². The van der Waals surface area contributed by atoms with Crippen LogP contribution in [0.1, 0.15) is 71.1 Å². The van der Waals surface area contributed by atoms with Gasteiger partial charge in [0.25, 0.3) is 0 Å². The second kappa shape index (κ2) is 10.9. The molecule has 2 aliphatic carbocycles. The number of hydrogen-bond donors (Lipinski definition) is 2. The Labute approximate surface area is 158 Å². The molecule has 2 N–H and O–H groups in total. The number of esters is 1. The molecule has 0 aromatic heterocycles. The van der Waals surface area contributed by atoms with Crippen LogP contribution in [0.3, 0.4) is 0 Å². The molecule has 0 radical (unpaired) electrons. The first-order valence-electron chi connectivity index (χ1n) is 10.4. The molecule has 0 bridgehead atoms. The third kappa shape index (κ3) is 6.24. The molecule has 0 aliphatic heterocycles. The van der Waals surface area contributed by atoms with E-state index in [4.69, 9.17) is 0 Å². The number of aliphatic hydroxyl groups excluding tert-OH is 2. The molecule has 26 heavy (non-hydrogen) atoms. The summed E-state index contributed by atoms with van der Waals surface area (Å²) in [6, 6.07) is 0. The number of carbonyl (C=O) groups is 1. The van der Waals surface area contributed by atoms with Crippen LogP contribution in [0.5, 0.6) is 0 Å². The summed E-state index contributed by atoms with van der Waals surface area (Å²) in [6.45, 7) is 2.16. The highest BCUT2D eigenvalue weighted by molar-refractivity contribution is 5.68. The van der Waals surface area contributed by atoms with Gasteiger partial charge in [0.2, 0.25) is 0 Å². The average Bonchev–Trinajstić information content (AvgIpc) is 3.13. The third-order valence-electron chi connectivity index (χ3n) is 5.97. The van der Waals surface area contributed by atoms with E-state index in [0.29, 0.717) is 18.3 Å². The van der Waals surface area contributed by atoms with Crippen molar-refractivity contribution in [2.45, 2.75) is 83.3 Å².